The number of rotatable bonds is 4. The van der Waals surface area contributed by atoms with E-state index in [0.717, 1.165) is 42.5 Å². The van der Waals surface area contributed by atoms with E-state index >= 15 is 0 Å². The maximum atomic E-state index is 6.19. The van der Waals surface area contributed by atoms with E-state index in [0.29, 0.717) is 5.88 Å². The molecule has 0 aliphatic carbocycles. The van der Waals surface area contributed by atoms with E-state index in [-0.39, 0.29) is 6.10 Å². The lowest BCUT2D eigenvalue weighted by molar-refractivity contribution is 0.131. The highest BCUT2D eigenvalue weighted by molar-refractivity contribution is 8.13. The number of aliphatic imine (C=N–C) groups is 1. The molecule has 26 heavy (non-hydrogen) atoms. The van der Waals surface area contributed by atoms with Crippen LogP contribution in [0, 0.1) is 6.92 Å². The topological polar surface area (TPSA) is 47.0 Å². The van der Waals surface area contributed by atoms with Gasteiger partial charge in [-0.1, -0.05) is 30.0 Å². The number of methoxy groups -OCH3 is 1. The summed E-state index contributed by atoms with van der Waals surface area (Å²) < 4.78 is 11.3. The number of aryl methyl sites for hydroxylation is 1. The van der Waals surface area contributed by atoms with Crippen molar-refractivity contribution in [2.24, 2.45) is 4.99 Å². The van der Waals surface area contributed by atoms with Crippen molar-refractivity contribution < 1.29 is 9.47 Å². The number of para-hydroxylation sites is 1. The Morgan fingerprint density at radius 2 is 1.96 bits per heavy atom. The molecular formula is C20H25N3O2S. The van der Waals surface area contributed by atoms with E-state index in [2.05, 4.69) is 29.1 Å². The lowest BCUT2D eigenvalue weighted by Gasteiger charge is -2.33. The monoisotopic (exact) mass is 371 g/mol. The average Bonchev–Trinajstić information content (AvgIpc) is 2.69. The lowest BCUT2D eigenvalue weighted by Crippen LogP contribution is -2.40. The summed E-state index contributed by atoms with van der Waals surface area (Å²) in [4.78, 5) is 11.3. The minimum atomic E-state index is 0.262. The third kappa shape index (κ3) is 4.69. The number of hydrogen-bond donors (Lipinski definition) is 0. The fourth-order valence-corrected chi connectivity index (χ4v) is 3.59. The number of benzene rings is 1. The van der Waals surface area contributed by atoms with E-state index in [9.17, 15) is 0 Å². The molecule has 5 nitrogen and oxygen atoms in total. The molecule has 0 unspecified atom stereocenters. The zero-order valence-electron chi connectivity index (χ0n) is 15.5. The van der Waals surface area contributed by atoms with E-state index in [1.807, 2.05) is 30.3 Å². The minimum absolute atomic E-state index is 0.262. The summed E-state index contributed by atoms with van der Waals surface area (Å²) in [6.45, 7) is 3.98. The summed E-state index contributed by atoms with van der Waals surface area (Å²) in [5, 5.41) is 1.02. The summed E-state index contributed by atoms with van der Waals surface area (Å²) in [5.41, 5.74) is 2.03. The maximum absolute atomic E-state index is 6.19. The summed E-state index contributed by atoms with van der Waals surface area (Å²) >= 11 is 1.66. The van der Waals surface area contributed by atoms with Gasteiger partial charge in [0.25, 0.3) is 0 Å². The van der Waals surface area contributed by atoms with Gasteiger partial charge in [0.1, 0.15) is 11.9 Å². The molecule has 0 saturated carbocycles. The Kier molecular flexibility index (Phi) is 6.39. The van der Waals surface area contributed by atoms with Crippen LogP contribution in [0.5, 0.6) is 11.6 Å². The molecular weight excluding hydrogens is 346 g/mol. The molecule has 0 atom stereocenters. The van der Waals surface area contributed by atoms with Crippen LogP contribution in [-0.4, -0.2) is 47.6 Å². The first kappa shape index (κ1) is 18.6. The number of pyridine rings is 1. The van der Waals surface area contributed by atoms with Gasteiger partial charge in [0.2, 0.25) is 5.88 Å². The highest BCUT2D eigenvalue weighted by Crippen LogP contribution is 2.24. The lowest BCUT2D eigenvalue weighted by atomic mass is 10.1. The number of thioether (sulfide) groups is 1. The molecule has 0 amide bonds. The van der Waals surface area contributed by atoms with Crippen molar-refractivity contribution in [3.05, 3.63) is 48.2 Å². The normalized spacial score (nSPS) is 15.8. The van der Waals surface area contributed by atoms with Crippen LogP contribution in [0.3, 0.4) is 0 Å². The second-order valence-corrected chi connectivity index (χ2v) is 7.00. The molecule has 1 aromatic carbocycles. The van der Waals surface area contributed by atoms with Crippen LogP contribution in [0.1, 0.15) is 18.4 Å². The number of nitrogens with zero attached hydrogens (tertiary/aromatic N) is 3. The van der Waals surface area contributed by atoms with Crippen molar-refractivity contribution >= 4 is 22.6 Å². The first-order valence-corrected chi connectivity index (χ1v) is 10.0. The van der Waals surface area contributed by atoms with Gasteiger partial charge in [0.05, 0.1) is 19.0 Å². The summed E-state index contributed by atoms with van der Waals surface area (Å²) in [6.07, 6.45) is 6.05. The molecule has 2 heterocycles. The molecule has 0 bridgehead atoms. The quantitative estimate of drug-likeness (QED) is 0.593. The predicted molar refractivity (Wildman–Crippen MR) is 108 cm³/mol. The van der Waals surface area contributed by atoms with Crippen LogP contribution in [0.2, 0.25) is 0 Å². The van der Waals surface area contributed by atoms with Crippen molar-refractivity contribution in [1.82, 2.24) is 9.88 Å². The largest absolute Gasteiger partial charge is 0.490 e. The van der Waals surface area contributed by atoms with Gasteiger partial charge in [-0.3, -0.25) is 0 Å². The van der Waals surface area contributed by atoms with E-state index in [1.165, 1.54) is 5.56 Å². The number of ether oxygens (including phenoxy) is 2. The van der Waals surface area contributed by atoms with Gasteiger partial charge in [-0.25, -0.2) is 9.98 Å². The van der Waals surface area contributed by atoms with Gasteiger partial charge in [-0.15, -0.1) is 0 Å². The van der Waals surface area contributed by atoms with Crippen LogP contribution >= 0.6 is 11.8 Å². The van der Waals surface area contributed by atoms with Crippen LogP contribution in [-0.2, 0) is 0 Å². The first-order valence-electron chi connectivity index (χ1n) is 8.79. The van der Waals surface area contributed by atoms with Crippen molar-refractivity contribution in [1.29, 1.82) is 0 Å². The molecule has 3 rings (SSSR count). The molecule has 1 saturated heterocycles. The molecule has 1 aliphatic heterocycles. The van der Waals surface area contributed by atoms with Gasteiger partial charge in [-0.05, 0) is 30.9 Å². The highest BCUT2D eigenvalue weighted by atomic mass is 32.2. The second-order valence-electron chi connectivity index (χ2n) is 6.23. The Labute approximate surface area is 159 Å². The summed E-state index contributed by atoms with van der Waals surface area (Å²) in [7, 11) is 1.61. The van der Waals surface area contributed by atoms with Gasteiger partial charge >= 0.3 is 0 Å². The van der Waals surface area contributed by atoms with Gasteiger partial charge < -0.3 is 14.4 Å². The number of piperidine rings is 1. The Hall–Kier alpha value is -2.21. The molecule has 1 aliphatic rings. The Bertz CT molecular complexity index is 741. The molecule has 0 spiro atoms. The van der Waals surface area contributed by atoms with E-state index in [1.54, 1.807) is 25.1 Å². The van der Waals surface area contributed by atoms with Crippen LogP contribution < -0.4 is 9.47 Å². The average molecular weight is 372 g/mol. The number of amidine groups is 1. The van der Waals surface area contributed by atoms with Crippen LogP contribution in [0.4, 0.5) is 5.69 Å². The third-order valence-electron chi connectivity index (χ3n) is 4.44. The Balaban J connectivity index is 1.60. The van der Waals surface area contributed by atoms with Gasteiger partial charge in [0.15, 0.2) is 5.17 Å². The van der Waals surface area contributed by atoms with Crippen molar-refractivity contribution in [2.45, 2.75) is 25.9 Å². The fourth-order valence-electron chi connectivity index (χ4n) is 2.95. The fraction of sp³-hybridized carbons (Fsp3) is 0.400. The summed E-state index contributed by atoms with van der Waals surface area (Å²) in [6, 6.07) is 12.0. The molecule has 0 N–H and O–H groups in total. The Morgan fingerprint density at radius 1 is 1.19 bits per heavy atom. The number of aromatic nitrogens is 1. The molecule has 1 fully saturated rings. The number of hydrogen-bond acceptors (Lipinski definition) is 5. The van der Waals surface area contributed by atoms with Gasteiger partial charge in [-0.2, -0.15) is 0 Å². The second kappa shape index (κ2) is 8.94. The van der Waals surface area contributed by atoms with Crippen molar-refractivity contribution in [3.63, 3.8) is 0 Å². The van der Waals surface area contributed by atoms with Crippen LogP contribution in [0.25, 0.3) is 0 Å². The van der Waals surface area contributed by atoms with Crippen molar-refractivity contribution in [2.75, 3.05) is 26.5 Å². The van der Waals surface area contributed by atoms with Gasteiger partial charge in [0, 0.05) is 32.0 Å². The summed E-state index contributed by atoms with van der Waals surface area (Å²) in [5.74, 6) is 1.60. The van der Waals surface area contributed by atoms with Crippen LogP contribution in [0.15, 0.2) is 47.6 Å². The zero-order chi connectivity index (χ0) is 18.4. The van der Waals surface area contributed by atoms with E-state index < -0.39 is 0 Å². The molecule has 0 radical (unpaired) electrons. The number of likely N-dealkylation sites (tertiary alicyclic amines) is 1. The zero-order valence-corrected chi connectivity index (χ0v) is 16.3. The first-order chi connectivity index (χ1) is 12.7. The third-order valence-corrected chi connectivity index (χ3v) is 5.15. The SMILES string of the molecule is COc1ccc(/N=C(/SC)N2CCC(Oc3ccccc3C)CC2)cn1. The molecule has 2 aromatic rings. The highest BCUT2D eigenvalue weighted by Gasteiger charge is 2.23. The standard InChI is InChI=1S/C20H25N3O2S/c1-15-6-4-5-7-18(15)25-17-10-12-23(13-11-17)20(26-3)22-16-8-9-19(24-2)21-14-16/h4-9,14,17H,10-13H2,1-3H3/b22-20+. The molecule has 138 valence electrons. The molecule has 1 aromatic heterocycles. The molecule has 6 heteroatoms. The van der Waals surface area contributed by atoms with E-state index in [4.69, 9.17) is 14.5 Å². The maximum Gasteiger partial charge on any atom is 0.213 e. The predicted octanol–water partition coefficient (Wildman–Crippen LogP) is 4.29. The minimum Gasteiger partial charge on any atom is -0.490 e. The Morgan fingerprint density at radius 3 is 2.58 bits per heavy atom. The smallest absolute Gasteiger partial charge is 0.213 e. The van der Waals surface area contributed by atoms with Crippen molar-refractivity contribution in [3.8, 4) is 11.6 Å².